The molecule has 0 saturated heterocycles. The van der Waals surface area contributed by atoms with Crippen LogP contribution in [0.15, 0.2) is 18.2 Å². The lowest BCUT2D eigenvalue weighted by Gasteiger charge is -2.28. The van der Waals surface area contributed by atoms with E-state index < -0.39 is 0 Å². The van der Waals surface area contributed by atoms with Gasteiger partial charge >= 0.3 is 0 Å². The Morgan fingerprint density at radius 2 is 1.92 bits per heavy atom. The molecule has 1 aromatic carbocycles. The monoisotopic (exact) mass is 326 g/mol. The zero-order valence-electron chi connectivity index (χ0n) is 13.3. The lowest BCUT2D eigenvalue weighted by Crippen LogP contribution is -2.38. The van der Waals surface area contributed by atoms with E-state index in [0.717, 1.165) is 18.2 Å². The first-order chi connectivity index (χ1) is 11.8. The molecule has 0 spiro atoms. The van der Waals surface area contributed by atoms with E-state index in [4.69, 9.17) is 9.47 Å². The molecule has 1 saturated carbocycles. The van der Waals surface area contributed by atoms with Gasteiger partial charge in [-0.1, -0.05) is 0 Å². The molecule has 1 aliphatic carbocycles. The molecule has 1 amide bonds. The van der Waals surface area contributed by atoms with Gasteiger partial charge in [0.1, 0.15) is 19.0 Å². The van der Waals surface area contributed by atoms with Crippen LogP contribution in [0.2, 0.25) is 0 Å². The Morgan fingerprint density at radius 3 is 2.75 bits per heavy atom. The molecular formula is C17H18N4O3. The maximum atomic E-state index is 12.8. The predicted molar refractivity (Wildman–Crippen MR) is 84.2 cm³/mol. The SMILES string of the molecule is O=C(c1ccc2c(c1)OCCO2)N1CCn2c(nnc2C2CC2)C1. The summed E-state index contributed by atoms with van der Waals surface area (Å²) in [5.41, 5.74) is 0.620. The van der Waals surface area contributed by atoms with Crippen LogP contribution < -0.4 is 9.47 Å². The third kappa shape index (κ3) is 2.23. The largest absolute Gasteiger partial charge is 0.486 e. The fraction of sp³-hybridized carbons (Fsp3) is 0.471. The maximum Gasteiger partial charge on any atom is 0.254 e. The molecule has 0 atom stereocenters. The second-order valence-electron chi connectivity index (χ2n) is 6.49. The fourth-order valence-corrected chi connectivity index (χ4v) is 3.36. The van der Waals surface area contributed by atoms with Gasteiger partial charge in [-0.15, -0.1) is 10.2 Å². The molecule has 2 aliphatic heterocycles. The van der Waals surface area contributed by atoms with E-state index in [9.17, 15) is 4.79 Å². The van der Waals surface area contributed by atoms with Gasteiger partial charge in [-0.25, -0.2) is 0 Å². The van der Waals surface area contributed by atoms with Crippen LogP contribution in [0, 0.1) is 0 Å². The van der Waals surface area contributed by atoms with Crippen molar-refractivity contribution in [3.05, 3.63) is 35.4 Å². The van der Waals surface area contributed by atoms with Gasteiger partial charge in [0.2, 0.25) is 0 Å². The third-order valence-electron chi connectivity index (χ3n) is 4.80. The summed E-state index contributed by atoms with van der Waals surface area (Å²) in [5.74, 6) is 3.89. The lowest BCUT2D eigenvalue weighted by atomic mass is 10.1. The van der Waals surface area contributed by atoms with E-state index in [0.29, 0.717) is 49.3 Å². The van der Waals surface area contributed by atoms with Crippen LogP contribution in [0.1, 0.15) is 40.8 Å². The molecular weight excluding hydrogens is 308 g/mol. The highest BCUT2D eigenvalue weighted by Crippen LogP contribution is 2.39. The normalized spacial score (nSPS) is 19.1. The summed E-state index contributed by atoms with van der Waals surface area (Å²) in [4.78, 5) is 14.6. The Balaban J connectivity index is 1.37. The standard InChI is InChI=1S/C17H18N4O3/c22-17(12-3-4-13-14(9-12)24-8-7-23-13)20-5-6-21-15(10-20)18-19-16(21)11-1-2-11/h3-4,9,11H,1-2,5-8,10H2. The van der Waals surface area contributed by atoms with Crippen LogP contribution in [-0.4, -0.2) is 45.3 Å². The minimum Gasteiger partial charge on any atom is -0.486 e. The molecule has 7 heteroatoms. The van der Waals surface area contributed by atoms with Gasteiger partial charge in [0.15, 0.2) is 17.3 Å². The van der Waals surface area contributed by atoms with Crippen molar-refractivity contribution >= 4 is 5.91 Å². The summed E-state index contributed by atoms with van der Waals surface area (Å²) < 4.78 is 13.3. The van der Waals surface area contributed by atoms with Crippen molar-refractivity contribution in [2.24, 2.45) is 0 Å². The molecule has 2 aromatic rings. The van der Waals surface area contributed by atoms with Crippen LogP contribution >= 0.6 is 0 Å². The van der Waals surface area contributed by atoms with Crippen molar-refractivity contribution in [3.63, 3.8) is 0 Å². The maximum absolute atomic E-state index is 12.8. The molecule has 0 unspecified atom stereocenters. The highest BCUT2D eigenvalue weighted by molar-refractivity contribution is 5.95. The first kappa shape index (κ1) is 13.8. The van der Waals surface area contributed by atoms with Crippen LogP contribution in [0.3, 0.4) is 0 Å². The molecule has 3 heterocycles. The number of hydrogen-bond donors (Lipinski definition) is 0. The quantitative estimate of drug-likeness (QED) is 0.838. The number of benzene rings is 1. The average Bonchev–Trinajstić information content (AvgIpc) is 3.39. The van der Waals surface area contributed by atoms with Gasteiger partial charge in [-0.2, -0.15) is 0 Å². The van der Waals surface area contributed by atoms with E-state index in [1.54, 1.807) is 18.2 Å². The Hall–Kier alpha value is -2.57. The number of aromatic nitrogens is 3. The van der Waals surface area contributed by atoms with Gasteiger partial charge < -0.3 is 18.9 Å². The molecule has 0 bridgehead atoms. The number of carbonyl (C=O) groups is 1. The first-order valence-electron chi connectivity index (χ1n) is 8.40. The summed E-state index contributed by atoms with van der Waals surface area (Å²) in [5, 5.41) is 8.61. The van der Waals surface area contributed by atoms with Gasteiger partial charge in [0, 0.05) is 24.6 Å². The van der Waals surface area contributed by atoms with Crippen LogP contribution in [0.4, 0.5) is 0 Å². The average molecular weight is 326 g/mol. The summed E-state index contributed by atoms with van der Waals surface area (Å²) in [6.07, 6.45) is 2.41. The second-order valence-corrected chi connectivity index (χ2v) is 6.49. The van der Waals surface area contributed by atoms with Crippen molar-refractivity contribution < 1.29 is 14.3 Å². The van der Waals surface area contributed by atoms with Crippen molar-refractivity contribution in [1.82, 2.24) is 19.7 Å². The van der Waals surface area contributed by atoms with Gasteiger partial charge in [0.05, 0.1) is 6.54 Å². The lowest BCUT2D eigenvalue weighted by molar-refractivity contribution is 0.0705. The molecule has 24 heavy (non-hydrogen) atoms. The minimum atomic E-state index is -0.00537. The Bertz CT molecular complexity index is 812. The minimum absolute atomic E-state index is 0.00537. The Labute approximate surface area is 139 Å². The second kappa shape index (κ2) is 5.22. The van der Waals surface area contributed by atoms with E-state index in [2.05, 4.69) is 14.8 Å². The fourth-order valence-electron chi connectivity index (χ4n) is 3.36. The molecule has 1 fully saturated rings. The van der Waals surface area contributed by atoms with E-state index >= 15 is 0 Å². The van der Waals surface area contributed by atoms with E-state index in [-0.39, 0.29) is 5.91 Å². The van der Waals surface area contributed by atoms with Crippen molar-refractivity contribution in [2.45, 2.75) is 31.8 Å². The summed E-state index contributed by atoms with van der Waals surface area (Å²) in [6.45, 7) is 3.02. The molecule has 0 N–H and O–H groups in total. The van der Waals surface area contributed by atoms with E-state index in [1.165, 1.54) is 12.8 Å². The summed E-state index contributed by atoms with van der Waals surface area (Å²) >= 11 is 0. The highest BCUT2D eigenvalue weighted by atomic mass is 16.6. The molecule has 124 valence electrons. The summed E-state index contributed by atoms with van der Waals surface area (Å²) in [6, 6.07) is 5.37. The number of fused-ring (bicyclic) bond motifs is 2. The number of nitrogens with zero attached hydrogens (tertiary/aromatic N) is 4. The molecule has 0 radical (unpaired) electrons. The first-order valence-corrected chi connectivity index (χ1v) is 8.40. The van der Waals surface area contributed by atoms with Crippen molar-refractivity contribution in [3.8, 4) is 11.5 Å². The number of amides is 1. The van der Waals surface area contributed by atoms with Crippen molar-refractivity contribution in [2.75, 3.05) is 19.8 Å². The predicted octanol–water partition coefficient (Wildman–Crippen LogP) is 1.58. The number of rotatable bonds is 2. The van der Waals surface area contributed by atoms with Gasteiger partial charge in [-0.3, -0.25) is 4.79 Å². The zero-order valence-corrected chi connectivity index (χ0v) is 13.3. The summed E-state index contributed by atoms with van der Waals surface area (Å²) in [7, 11) is 0. The van der Waals surface area contributed by atoms with Gasteiger partial charge in [-0.05, 0) is 31.0 Å². The van der Waals surface area contributed by atoms with Crippen molar-refractivity contribution in [1.29, 1.82) is 0 Å². The molecule has 7 nitrogen and oxygen atoms in total. The third-order valence-corrected chi connectivity index (χ3v) is 4.80. The number of ether oxygens (including phenoxy) is 2. The Kier molecular flexibility index (Phi) is 3.01. The Morgan fingerprint density at radius 1 is 1.08 bits per heavy atom. The topological polar surface area (TPSA) is 69.5 Å². The highest BCUT2D eigenvalue weighted by Gasteiger charge is 2.33. The van der Waals surface area contributed by atoms with Crippen LogP contribution in [0.5, 0.6) is 11.5 Å². The smallest absolute Gasteiger partial charge is 0.254 e. The van der Waals surface area contributed by atoms with E-state index in [1.807, 2.05) is 4.90 Å². The molecule has 5 rings (SSSR count). The van der Waals surface area contributed by atoms with Gasteiger partial charge in [0.25, 0.3) is 5.91 Å². The molecule has 3 aliphatic rings. The van der Waals surface area contributed by atoms with Crippen LogP contribution in [-0.2, 0) is 13.1 Å². The molecule has 1 aromatic heterocycles. The number of hydrogen-bond acceptors (Lipinski definition) is 5. The number of carbonyl (C=O) groups excluding carboxylic acids is 1. The zero-order chi connectivity index (χ0) is 16.1. The van der Waals surface area contributed by atoms with Crippen LogP contribution in [0.25, 0.3) is 0 Å².